The summed E-state index contributed by atoms with van der Waals surface area (Å²) < 4.78 is 0. The normalized spacial score (nSPS) is 18.9. The van der Waals surface area contributed by atoms with Gasteiger partial charge in [-0.05, 0) is 25.8 Å². The van der Waals surface area contributed by atoms with E-state index >= 15 is 0 Å². The lowest BCUT2D eigenvalue weighted by molar-refractivity contribution is 0.0934. The van der Waals surface area contributed by atoms with Gasteiger partial charge in [0.25, 0.3) is 0 Å². The van der Waals surface area contributed by atoms with Crippen molar-refractivity contribution in [3.63, 3.8) is 0 Å². The lowest BCUT2D eigenvalue weighted by Crippen LogP contribution is -2.43. The molecule has 2 N–H and O–H groups in total. The van der Waals surface area contributed by atoms with Crippen LogP contribution in [0.4, 0.5) is 0 Å². The Morgan fingerprint density at radius 1 is 1.29 bits per heavy atom. The highest BCUT2D eigenvalue weighted by atomic mass is 16.1. The molecule has 2 rings (SSSR count). The molecule has 0 radical (unpaired) electrons. The predicted molar refractivity (Wildman–Crippen MR) is 70.1 cm³/mol. The van der Waals surface area contributed by atoms with Crippen LogP contribution in [0.15, 0.2) is 24.3 Å². The maximum absolute atomic E-state index is 12.2. The fourth-order valence-electron chi connectivity index (χ4n) is 2.67. The van der Waals surface area contributed by atoms with Gasteiger partial charge in [0.1, 0.15) is 0 Å². The van der Waals surface area contributed by atoms with Crippen molar-refractivity contribution in [2.24, 2.45) is 5.73 Å². The molecule has 1 aromatic carbocycles. The van der Waals surface area contributed by atoms with Gasteiger partial charge in [-0.3, -0.25) is 4.79 Å². The number of ketones is 1. The Morgan fingerprint density at radius 3 is 2.65 bits per heavy atom. The average Bonchev–Trinajstić information content (AvgIpc) is 2.29. The summed E-state index contributed by atoms with van der Waals surface area (Å²) in [6, 6.07) is 7.79. The van der Waals surface area contributed by atoms with Gasteiger partial charge in [0, 0.05) is 17.5 Å². The molecule has 1 saturated carbocycles. The minimum absolute atomic E-state index is 0.193. The number of Topliss-reactive ketones (excluding diaryl/α,β-unsaturated/α-hetero) is 1. The van der Waals surface area contributed by atoms with Crippen LogP contribution < -0.4 is 5.73 Å². The summed E-state index contributed by atoms with van der Waals surface area (Å²) in [6.45, 7) is 2.01. The number of carbonyl (C=O) groups is 1. The molecule has 1 aliphatic rings. The van der Waals surface area contributed by atoms with E-state index in [0.717, 1.165) is 36.8 Å². The third-order valence-corrected chi connectivity index (χ3v) is 3.70. The highest BCUT2D eigenvalue weighted by molar-refractivity contribution is 5.96. The summed E-state index contributed by atoms with van der Waals surface area (Å²) in [5, 5.41) is 0. The van der Waals surface area contributed by atoms with E-state index in [1.807, 2.05) is 31.2 Å². The molecule has 2 heteroatoms. The molecule has 0 unspecified atom stereocenters. The first-order valence-corrected chi connectivity index (χ1v) is 6.48. The molecule has 0 amide bonds. The second kappa shape index (κ2) is 5.01. The molecule has 1 aliphatic carbocycles. The van der Waals surface area contributed by atoms with E-state index < -0.39 is 0 Å². The van der Waals surface area contributed by atoms with E-state index in [9.17, 15) is 4.79 Å². The predicted octanol–water partition coefficient (Wildman–Crippen LogP) is 3.23. The van der Waals surface area contributed by atoms with Crippen molar-refractivity contribution in [3.8, 4) is 0 Å². The first-order valence-electron chi connectivity index (χ1n) is 6.48. The van der Waals surface area contributed by atoms with E-state index in [1.165, 1.54) is 6.42 Å². The zero-order valence-corrected chi connectivity index (χ0v) is 10.5. The van der Waals surface area contributed by atoms with Crippen molar-refractivity contribution < 1.29 is 4.79 Å². The van der Waals surface area contributed by atoms with Gasteiger partial charge < -0.3 is 5.73 Å². The number of carbonyl (C=O) groups excluding carboxylic acids is 1. The van der Waals surface area contributed by atoms with Gasteiger partial charge in [-0.2, -0.15) is 0 Å². The van der Waals surface area contributed by atoms with Crippen molar-refractivity contribution in [1.29, 1.82) is 0 Å². The molecule has 0 atom stereocenters. The Balaban J connectivity index is 2.06. The fraction of sp³-hybridized carbons (Fsp3) is 0.533. The van der Waals surface area contributed by atoms with Gasteiger partial charge in [0.2, 0.25) is 0 Å². The first kappa shape index (κ1) is 12.3. The second-order valence-corrected chi connectivity index (χ2v) is 5.39. The summed E-state index contributed by atoms with van der Waals surface area (Å²) in [5.74, 6) is 0.193. The minimum Gasteiger partial charge on any atom is -0.325 e. The van der Waals surface area contributed by atoms with Crippen molar-refractivity contribution in [1.82, 2.24) is 0 Å². The summed E-state index contributed by atoms with van der Waals surface area (Å²) in [4.78, 5) is 12.2. The molecule has 1 fully saturated rings. The Hall–Kier alpha value is -1.15. The molecule has 92 valence electrons. The molecule has 0 heterocycles. The number of benzene rings is 1. The molecule has 0 aromatic heterocycles. The largest absolute Gasteiger partial charge is 0.325 e. The number of hydrogen-bond donors (Lipinski definition) is 1. The molecular formula is C15H21NO. The SMILES string of the molecule is Cc1cccc(C(=O)CC2(N)CCCCC2)c1. The fourth-order valence-corrected chi connectivity index (χ4v) is 2.67. The van der Waals surface area contributed by atoms with Crippen LogP contribution in [0.5, 0.6) is 0 Å². The number of aryl methyl sites for hydroxylation is 1. The summed E-state index contributed by atoms with van der Waals surface area (Å²) in [6.07, 6.45) is 6.07. The maximum atomic E-state index is 12.2. The molecule has 0 aliphatic heterocycles. The topological polar surface area (TPSA) is 43.1 Å². The second-order valence-electron chi connectivity index (χ2n) is 5.39. The van der Waals surface area contributed by atoms with Gasteiger partial charge >= 0.3 is 0 Å². The quantitative estimate of drug-likeness (QED) is 0.812. The van der Waals surface area contributed by atoms with Gasteiger partial charge in [0.05, 0.1) is 0 Å². The molecule has 2 nitrogen and oxygen atoms in total. The third-order valence-electron chi connectivity index (χ3n) is 3.70. The van der Waals surface area contributed by atoms with E-state index in [2.05, 4.69) is 0 Å². The van der Waals surface area contributed by atoms with Crippen LogP contribution in [-0.2, 0) is 0 Å². The lowest BCUT2D eigenvalue weighted by Gasteiger charge is -2.32. The standard InChI is InChI=1S/C15H21NO/c1-12-6-5-7-13(10-12)14(17)11-15(16)8-3-2-4-9-15/h5-7,10H,2-4,8-9,11,16H2,1H3. The Labute approximate surface area is 103 Å². The number of hydrogen-bond acceptors (Lipinski definition) is 2. The maximum Gasteiger partial charge on any atom is 0.164 e. The van der Waals surface area contributed by atoms with Crippen molar-refractivity contribution in [2.45, 2.75) is 51.0 Å². The monoisotopic (exact) mass is 231 g/mol. The average molecular weight is 231 g/mol. The molecule has 0 bridgehead atoms. The van der Waals surface area contributed by atoms with Crippen LogP contribution in [0.3, 0.4) is 0 Å². The van der Waals surface area contributed by atoms with Gasteiger partial charge in [-0.1, -0.05) is 43.0 Å². The number of nitrogens with two attached hydrogens (primary N) is 1. The highest BCUT2D eigenvalue weighted by Crippen LogP contribution is 2.29. The lowest BCUT2D eigenvalue weighted by atomic mass is 9.78. The summed E-state index contributed by atoms with van der Waals surface area (Å²) in [7, 11) is 0. The van der Waals surface area contributed by atoms with E-state index in [-0.39, 0.29) is 11.3 Å². The van der Waals surface area contributed by atoms with Gasteiger partial charge in [-0.15, -0.1) is 0 Å². The molecule has 0 spiro atoms. The Kier molecular flexibility index (Phi) is 3.63. The van der Waals surface area contributed by atoms with Gasteiger partial charge in [-0.25, -0.2) is 0 Å². The van der Waals surface area contributed by atoms with Crippen LogP contribution in [0, 0.1) is 6.92 Å². The number of rotatable bonds is 3. The minimum atomic E-state index is -0.251. The van der Waals surface area contributed by atoms with E-state index in [1.54, 1.807) is 0 Å². The van der Waals surface area contributed by atoms with Crippen molar-refractivity contribution in [3.05, 3.63) is 35.4 Å². The smallest absolute Gasteiger partial charge is 0.164 e. The van der Waals surface area contributed by atoms with Crippen molar-refractivity contribution in [2.75, 3.05) is 0 Å². The molecule has 17 heavy (non-hydrogen) atoms. The van der Waals surface area contributed by atoms with Gasteiger partial charge in [0.15, 0.2) is 5.78 Å². The highest BCUT2D eigenvalue weighted by Gasteiger charge is 2.30. The van der Waals surface area contributed by atoms with Crippen LogP contribution >= 0.6 is 0 Å². The zero-order valence-electron chi connectivity index (χ0n) is 10.5. The molecule has 1 aromatic rings. The van der Waals surface area contributed by atoms with Crippen LogP contribution in [0.2, 0.25) is 0 Å². The van der Waals surface area contributed by atoms with Crippen LogP contribution in [-0.4, -0.2) is 11.3 Å². The molecular weight excluding hydrogens is 210 g/mol. The Morgan fingerprint density at radius 2 is 2.00 bits per heavy atom. The Bertz CT molecular complexity index is 405. The zero-order chi connectivity index (χ0) is 12.3. The summed E-state index contributed by atoms with van der Waals surface area (Å²) >= 11 is 0. The molecule has 0 saturated heterocycles. The van der Waals surface area contributed by atoms with Crippen molar-refractivity contribution >= 4 is 5.78 Å². The van der Waals surface area contributed by atoms with Crippen LogP contribution in [0.1, 0.15) is 54.4 Å². The first-order chi connectivity index (χ1) is 8.09. The third kappa shape index (κ3) is 3.16. The van der Waals surface area contributed by atoms with E-state index in [0.29, 0.717) is 6.42 Å². The van der Waals surface area contributed by atoms with E-state index in [4.69, 9.17) is 5.73 Å². The van der Waals surface area contributed by atoms with Crippen LogP contribution in [0.25, 0.3) is 0 Å². The summed E-state index contributed by atoms with van der Waals surface area (Å²) in [5.41, 5.74) is 8.00.